The van der Waals surface area contributed by atoms with Crippen molar-refractivity contribution in [2.24, 2.45) is 5.73 Å². The van der Waals surface area contributed by atoms with Crippen LogP contribution in [-0.2, 0) is 4.79 Å². The largest absolute Gasteiger partial charge is 0.399 e. The van der Waals surface area contributed by atoms with Gasteiger partial charge in [0.1, 0.15) is 0 Å². The van der Waals surface area contributed by atoms with E-state index in [1.54, 1.807) is 30.1 Å². The van der Waals surface area contributed by atoms with Gasteiger partial charge < -0.3 is 21.3 Å². The predicted octanol–water partition coefficient (Wildman–Crippen LogP) is -0.354. The molecule has 1 aromatic carbocycles. The third kappa shape index (κ3) is 2.22. The molecular formula is C12H16N4O2. The summed E-state index contributed by atoms with van der Waals surface area (Å²) in [5.41, 5.74) is 12.6. The molecule has 4 N–H and O–H groups in total. The second kappa shape index (κ2) is 4.56. The molecule has 6 heteroatoms. The van der Waals surface area contributed by atoms with Crippen LogP contribution >= 0.6 is 0 Å². The fraction of sp³-hybridized carbons (Fsp3) is 0.333. The average molecular weight is 248 g/mol. The Hall–Kier alpha value is -2.24. The van der Waals surface area contributed by atoms with Gasteiger partial charge in [0.25, 0.3) is 5.91 Å². The van der Waals surface area contributed by atoms with E-state index in [0.717, 1.165) is 0 Å². The van der Waals surface area contributed by atoms with Crippen molar-refractivity contribution >= 4 is 23.2 Å². The van der Waals surface area contributed by atoms with E-state index in [4.69, 9.17) is 11.5 Å². The molecule has 0 saturated carbocycles. The van der Waals surface area contributed by atoms with E-state index in [2.05, 4.69) is 0 Å². The summed E-state index contributed by atoms with van der Waals surface area (Å²) in [6.07, 6.45) is 0. The van der Waals surface area contributed by atoms with Crippen molar-refractivity contribution in [3.05, 3.63) is 23.8 Å². The van der Waals surface area contributed by atoms with Crippen LogP contribution in [0.5, 0.6) is 0 Å². The maximum Gasteiger partial charge on any atom is 0.250 e. The lowest BCUT2D eigenvalue weighted by atomic mass is 10.1. The second-order valence-electron chi connectivity index (χ2n) is 4.38. The Morgan fingerprint density at radius 3 is 2.67 bits per heavy atom. The van der Waals surface area contributed by atoms with Crippen molar-refractivity contribution in [3.63, 3.8) is 0 Å². The van der Waals surface area contributed by atoms with Gasteiger partial charge in [0.15, 0.2) is 0 Å². The summed E-state index contributed by atoms with van der Waals surface area (Å²) in [7, 11) is 1.76. The summed E-state index contributed by atoms with van der Waals surface area (Å²) in [4.78, 5) is 26.6. The lowest BCUT2D eigenvalue weighted by molar-refractivity contribution is -0.129. The van der Waals surface area contributed by atoms with Crippen molar-refractivity contribution in [3.8, 4) is 0 Å². The minimum Gasteiger partial charge on any atom is -0.399 e. The molecule has 0 bridgehead atoms. The van der Waals surface area contributed by atoms with Crippen LogP contribution in [0.1, 0.15) is 10.4 Å². The third-order valence-corrected chi connectivity index (χ3v) is 3.09. The number of anilines is 2. The van der Waals surface area contributed by atoms with Crippen molar-refractivity contribution in [1.82, 2.24) is 4.90 Å². The fourth-order valence-electron chi connectivity index (χ4n) is 1.98. The zero-order valence-electron chi connectivity index (χ0n) is 10.2. The Bertz CT molecular complexity index is 501. The first kappa shape index (κ1) is 12.2. The number of hydrogen-bond acceptors (Lipinski definition) is 4. The van der Waals surface area contributed by atoms with Crippen LogP contribution in [0.25, 0.3) is 0 Å². The molecule has 0 spiro atoms. The highest BCUT2D eigenvalue weighted by Gasteiger charge is 2.24. The van der Waals surface area contributed by atoms with E-state index in [9.17, 15) is 9.59 Å². The molecule has 18 heavy (non-hydrogen) atoms. The molecule has 1 aliphatic rings. The number of nitrogens with two attached hydrogens (primary N) is 2. The standard InChI is InChI=1S/C12H16N4O2/c1-15-4-5-16(7-11(15)17)10-6-8(13)2-3-9(10)12(14)18/h2-3,6H,4-5,7,13H2,1H3,(H2,14,18). The van der Waals surface area contributed by atoms with Gasteiger partial charge in [-0.3, -0.25) is 9.59 Å². The molecule has 1 aromatic rings. The van der Waals surface area contributed by atoms with E-state index in [0.29, 0.717) is 30.0 Å². The van der Waals surface area contributed by atoms with E-state index in [1.807, 2.05) is 4.90 Å². The number of amides is 2. The molecule has 96 valence electrons. The number of primary amides is 1. The molecule has 0 radical (unpaired) electrons. The number of rotatable bonds is 2. The van der Waals surface area contributed by atoms with Crippen molar-refractivity contribution in [2.75, 3.05) is 37.3 Å². The quantitative estimate of drug-likeness (QED) is 0.699. The van der Waals surface area contributed by atoms with Crippen LogP contribution in [0.4, 0.5) is 11.4 Å². The Balaban J connectivity index is 2.35. The van der Waals surface area contributed by atoms with Crippen LogP contribution in [0.3, 0.4) is 0 Å². The third-order valence-electron chi connectivity index (χ3n) is 3.09. The van der Waals surface area contributed by atoms with Gasteiger partial charge in [0.2, 0.25) is 5.91 Å². The molecule has 0 atom stereocenters. The van der Waals surface area contributed by atoms with Gasteiger partial charge in [-0.15, -0.1) is 0 Å². The first-order valence-electron chi connectivity index (χ1n) is 5.67. The van der Waals surface area contributed by atoms with Gasteiger partial charge in [-0.05, 0) is 18.2 Å². The summed E-state index contributed by atoms with van der Waals surface area (Å²) in [5.74, 6) is -0.504. The normalized spacial score (nSPS) is 15.9. The topological polar surface area (TPSA) is 92.7 Å². The average Bonchev–Trinajstić information content (AvgIpc) is 2.32. The van der Waals surface area contributed by atoms with Gasteiger partial charge in [-0.25, -0.2) is 0 Å². The molecule has 2 amide bonds. The maximum atomic E-state index is 11.7. The Kier molecular flexibility index (Phi) is 3.10. The molecular weight excluding hydrogens is 232 g/mol. The summed E-state index contributed by atoms with van der Waals surface area (Å²) in [6, 6.07) is 4.90. The number of benzene rings is 1. The minimum absolute atomic E-state index is 0.0131. The fourth-order valence-corrected chi connectivity index (χ4v) is 1.98. The maximum absolute atomic E-state index is 11.7. The van der Waals surface area contributed by atoms with E-state index in [-0.39, 0.29) is 12.5 Å². The minimum atomic E-state index is -0.517. The molecule has 0 unspecified atom stereocenters. The first-order chi connectivity index (χ1) is 8.49. The molecule has 1 heterocycles. The van der Waals surface area contributed by atoms with Crippen LogP contribution in [0.2, 0.25) is 0 Å². The number of likely N-dealkylation sites (N-methyl/N-ethyl adjacent to an activating group) is 1. The van der Waals surface area contributed by atoms with Crippen molar-refractivity contribution < 1.29 is 9.59 Å². The smallest absolute Gasteiger partial charge is 0.250 e. The van der Waals surface area contributed by atoms with Gasteiger partial charge in [0.05, 0.1) is 17.8 Å². The summed E-state index contributed by atoms with van der Waals surface area (Å²) in [6.45, 7) is 1.51. The molecule has 1 saturated heterocycles. The SMILES string of the molecule is CN1CCN(c2cc(N)ccc2C(N)=O)CC1=O. The highest BCUT2D eigenvalue weighted by Crippen LogP contribution is 2.24. The first-order valence-corrected chi connectivity index (χ1v) is 5.67. The number of piperazine rings is 1. The van der Waals surface area contributed by atoms with E-state index >= 15 is 0 Å². The monoisotopic (exact) mass is 248 g/mol. The summed E-state index contributed by atoms with van der Waals surface area (Å²) >= 11 is 0. The van der Waals surface area contributed by atoms with Gasteiger partial charge >= 0.3 is 0 Å². The van der Waals surface area contributed by atoms with E-state index in [1.165, 1.54) is 0 Å². The predicted molar refractivity (Wildman–Crippen MR) is 69.2 cm³/mol. The molecule has 6 nitrogen and oxygen atoms in total. The number of nitrogens with zero attached hydrogens (tertiary/aromatic N) is 2. The lowest BCUT2D eigenvalue weighted by Crippen LogP contribution is -2.49. The van der Waals surface area contributed by atoms with Crippen molar-refractivity contribution in [2.45, 2.75) is 0 Å². The van der Waals surface area contributed by atoms with Crippen molar-refractivity contribution in [1.29, 1.82) is 0 Å². The number of carbonyl (C=O) groups excluding carboxylic acids is 2. The Morgan fingerprint density at radius 1 is 1.33 bits per heavy atom. The molecule has 1 fully saturated rings. The zero-order chi connectivity index (χ0) is 13.3. The van der Waals surface area contributed by atoms with Gasteiger partial charge in [-0.1, -0.05) is 0 Å². The number of nitrogen functional groups attached to an aromatic ring is 1. The molecule has 0 aromatic heterocycles. The summed E-state index contributed by atoms with van der Waals surface area (Å²) in [5, 5.41) is 0. The molecule has 0 aliphatic carbocycles. The van der Waals surface area contributed by atoms with Crippen LogP contribution < -0.4 is 16.4 Å². The highest BCUT2D eigenvalue weighted by atomic mass is 16.2. The van der Waals surface area contributed by atoms with Crippen LogP contribution in [-0.4, -0.2) is 43.4 Å². The highest BCUT2D eigenvalue weighted by molar-refractivity contribution is 6.00. The van der Waals surface area contributed by atoms with Gasteiger partial charge in [0, 0.05) is 25.8 Å². The Morgan fingerprint density at radius 2 is 2.06 bits per heavy atom. The number of hydrogen-bond donors (Lipinski definition) is 2. The zero-order valence-corrected chi connectivity index (χ0v) is 10.2. The van der Waals surface area contributed by atoms with Crippen LogP contribution in [0, 0.1) is 0 Å². The summed E-state index contributed by atoms with van der Waals surface area (Å²) < 4.78 is 0. The molecule has 1 aliphatic heterocycles. The Labute approximate surface area is 105 Å². The van der Waals surface area contributed by atoms with Gasteiger partial charge in [-0.2, -0.15) is 0 Å². The molecule has 2 rings (SSSR count). The van der Waals surface area contributed by atoms with E-state index < -0.39 is 5.91 Å². The second-order valence-corrected chi connectivity index (χ2v) is 4.38. The number of carbonyl (C=O) groups is 2. The van der Waals surface area contributed by atoms with Crippen LogP contribution in [0.15, 0.2) is 18.2 Å². The lowest BCUT2D eigenvalue weighted by Gasteiger charge is -2.34.